The molecule has 0 spiro atoms. The molecule has 0 amide bonds. The normalized spacial score (nSPS) is 23.9. The summed E-state index contributed by atoms with van der Waals surface area (Å²) in [5, 5.41) is 3.26. The van der Waals surface area contributed by atoms with E-state index in [1.54, 1.807) is 25.1 Å². The fraction of sp³-hybridized carbons (Fsp3) is 0.429. The van der Waals surface area contributed by atoms with Gasteiger partial charge in [0.2, 0.25) is 0 Å². The molecule has 1 N–H and O–H groups in total. The molecule has 1 unspecified atom stereocenters. The summed E-state index contributed by atoms with van der Waals surface area (Å²) in [5.74, 6) is 0.817. The summed E-state index contributed by atoms with van der Waals surface area (Å²) < 4.78 is 16.5. The Labute approximate surface area is 160 Å². The molecule has 2 rings (SSSR count). The van der Waals surface area contributed by atoms with E-state index in [2.05, 4.69) is 23.3 Å². The lowest BCUT2D eigenvalue weighted by Gasteiger charge is -2.21. The molecule has 0 aliphatic carbocycles. The molecule has 0 aromatic heterocycles. The fourth-order valence-corrected chi connectivity index (χ4v) is 3.16. The van der Waals surface area contributed by atoms with E-state index in [4.69, 9.17) is 20.8 Å². The van der Waals surface area contributed by atoms with E-state index in [-0.39, 0.29) is 12.0 Å². The first kappa shape index (κ1) is 20.5. The van der Waals surface area contributed by atoms with Crippen LogP contribution in [0.1, 0.15) is 31.9 Å². The largest absolute Gasteiger partial charge is 0.486 e. The number of hydrogen-bond acceptors (Lipinski definition) is 5. The summed E-state index contributed by atoms with van der Waals surface area (Å²) in [6.45, 7) is 19.6. The van der Waals surface area contributed by atoms with Gasteiger partial charge >= 0.3 is 5.97 Å². The van der Waals surface area contributed by atoms with Crippen LogP contribution in [0.2, 0.25) is 0 Å². The van der Waals surface area contributed by atoms with Crippen molar-refractivity contribution in [1.82, 2.24) is 5.32 Å². The van der Waals surface area contributed by atoms with Crippen molar-refractivity contribution in [3.8, 4) is 11.5 Å². The van der Waals surface area contributed by atoms with Crippen molar-refractivity contribution in [2.75, 3.05) is 19.8 Å². The van der Waals surface area contributed by atoms with E-state index < -0.39 is 11.6 Å². The van der Waals surface area contributed by atoms with Crippen molar-refractivity contribution >= 4 is 5.97 Å². The zero-order valence-corrected chi connectivity index (χ0v) is 15.9. The van der Waals surface area contributed by atoms with Crippen LogP contribution in [0.15, 0.2) is 43.5 Å². The quantitative estimate of drug-likeness (QED) is 0.410. The Morgan fingerprint density at radius 3 is 2.59 bits per heavy atom. The Hall–Kier alpha value is -2.78. The summed E-state index contributed by atoms with van der Waals surface area (Å²) >= 11 is 0. The Kier molecular flexibility index (Phi) is 7.03. The second kappa shape index (κ2) is 9.24. The zero-order chi connectivity index (χ0) is 19.9. The molecule has 0 bridgehead atoms. The third-order valence-electron chi connectivity index (χ3n) is 4.45. The van der Waals surface area contributed by atoms with Gasteiger partial charge in [-0.25, -0.2) is 6.57 Å². The molecule has 1 saturated heterocycles. The minimum absolute atomic E-state index is 0.311. The number of benzene rings is 1. The van der Waals surface area contributed by atoms with Crippen LogP contribution in [0.4, 0.5) is 0 Å². The summed E-state index contributed by atoms with van der Waals surface area (Å²) in [6.07, 6.45) is 3.69. The van der Waals surface area contributed by atoms with E-state index in [1.807, 2.05) is 19.1 Å². The molecule has 1 aliphatic heterocycles. The van der Waals surface area contributed by atoms with Gasteiger partial charge in [-0.2, -0.15) is 0 Å². The van der Waals surface area contributed by atoms with Gasteiger partial charge in [0, 0.05) is 6.92 Å². The predicted molar refractivity (Wildman–Crippen MR) is 104 cm³/mol. The first-order valence-electron chi connectivity index (χ1n) is 8.91. The molecule has 144 valence electrons. The Bertz CT molecular complexity index is 740. The van der Waals surface area contributed by atoms with Gasteiger partial charge < -0.3 is 19.1 Å². The minimum Gasteiger partial charge on any atom is -0.486 e. The number of rotatable bonds is 9. The number of nitrogens with one attached hydrogen (secondary N) is 1. The van der Waals surface area contributed by atoms with Crippen LogP contribution >= 0.6 is 0 Å². The summed E-state index contributed by atoms with van der Waals surface area (Å²) in [4.78, 5) is 16.0. The summed E-state index contributed by atoms with van der Waals surface area (Å²) in [5.41, 5.74) is 0.0849. The first-order valence-corrected chi connectivity index (χ1v) is 8.91. The molecule has 6 heteroatoms. The molecule has 27 heavy (non-hydrogen) atoms. The second-order valence-electron chi connectivity index (χ2n) is 6.48. The fourth-order valence-electron chi connectivity index (χ4n) is 3.16. The number of carbonyl (C=O) groups excluding carboxylic acids is 1. The van der Waals surface area contributed by atoms with Gasteiger partial charge in [-0.15, -0.1) is 0 Å². The SMILES string of the molecule is [C-]#[N+][C@@]1(C)C[C@@H](C(=O)OCC)NC1c1ccc(OCC=C)c(OCC=C)c1. The lowest BCUT2D eigenvalue weighted by Crippen LogP contribution is -2.34. The molecule has 1 fully saturated rings. The smallest absolute Gasteiger partial charge is 0.323 e. The first-order chi connectivity index (χ1) is 13.0. The van der Waals surface area contributed by atoms with Gasteiger partial charge in [-0.1, -0.05) is 31.4 Å². The van der Waals surface area contributed by atoms with Crippen LogP contribution in [-0.2, 0) is 9.53 Å². The van der Waals surface area contributed by atoms with Gasteiger partial charge in [0.1, 0.15) is 25.3 Å². The molecular weight excluding hydrogens is 344 g/mol. The molecule has 1 aromatic carbocycles. The van der Waals surface area contributed by atoms with Crippen molar-refractivity contribution in [3.63, 3.8) is 0 Å². The molecule has 6 nitrogen and oxygen atoms in total. The Morgan fingerprint density at radius 1 is 1.33 bits per heavy atom. The van der Waals surface area contributed by atoms with Gasteiger partial charge in [0.05, 0.1) is 13.0 Å². The zero-order valence-electron chi connectivity index (χ0n) is 15.9. The van der Waals surface area contributed by atoms with E-state index in [0.29, 0.717) is 37.7 Å². The Balaban J connectivity index is 2.33. The lowest BCUT2D eigenvalue weighted by atomic mass is 9.87. The second-order valence-corrected chi connectivity index (χ2v) is 6.48. The van der Waals surface area contributed by atoms with Crippen LogP contribution in [-0.4, -0.2) is 37.4 Å². The Morgan fingerprint density at radius 2 is 2.00 bits per heavy atom. The van der Waals surface area contributed by atoms with Gasteiger partial charge in [0.25, 0.3) is 5.54 Å². The average Bonchev–Trinajstić information content (AvgIpc) is 3.03. The molecule has 0 saturated carbocycles. The van der Waals surface area contributed by atoms with E-state index in [0.717, 1.165) is 5.56 Å². The highest BCUT2D eigenvalue weighted by Gasteiger charge is 2.53. The van der Waals surface area contributed by atoms with Crippen LogP contribution in [0.5, 0.6) is 11.5 Å². The molecule has 3 atom stereocenters. The number of hydrogen-bond donors (Lipinski definition) is 1. The van der Waals surface area contributed by atoms with Crippen molar-refractivity contribution in [3.05, 3.63) is 60.5 Å². The van der Waals surface area contributed by atoms with E-state index in [1.165, 1.54) is 0 Å². The van der Waals surface area contributed by atoms with E-state index in [9.17, 15) is 4.79 Å². The highest BCUT2D eigenvalue weighted by molar-refractivity contribution is 5.77. The third-order valence-corrected chi connectivity index (χ3v) is 4.45. The van der Waals surface area contributed by atoms with Crippen LogP contribution in [0, 0.1) is 6.57 Å². The molecule has 0 radical (unpaired) electrons. The highest BCUT2D eigenvalue weighted by atomic mass is 16.5. The third kappa shape index (κ3) is 4.69. The lowest BCUT2D eigenvalue weighted by molar-refractivity contribution is -0.145. The van der Waals surface area contributed by atoms with Crippen molar-refractivity contribution in [1.29, 1.82) is 0 Å². The number of esters is 1. The number of nitrogens with zero attached hydrogens (tertiary/aromatic N) is 1. The van der Waals surface area contributed by atoms with Gasteiger partial charge in [-0.3, -0.25) is 10.1 Å². The molecule has 1 heterocycles. The van der Waals surface area contributed by atoms with Gasteiger partial charge in [-0.05, 0) is 24.6 Å². The van der Waals surface area contributed by atoms with Crippen LogP contribution < -0.4 is 14.8 Å². The predicted octanol–water partition coefficient (Wildman–Crippen LogP) is 3.46. The van der Waals surface area contributed by atoms with Crippen LogP contribution in [0.3, 0.4) is 0 Å². The maximum Gasteiger partial charge on any atom is 0.323 e. The van der Waals surface area contributed by atoms with E-state index >= 15 is 0 Å². The minimum atomic E-state index is -0.767. The molecule has 1 aromatic rings. The standard InChI is InChI=1S/C21H26N2O4/c1-6-11-26-17-10-9-15(13-18(17)27-12-7-2)19-21(4,22-5)14-16(23-19)20(24)25-8-3/h6-7,9-10,13,16,19,23H,1-2,8,11-12,14H2,3-4H3/t16-,19?,21-/m0/s1. The van der Waals surface area contributed by atoms with Crippen molar-refractivity contribution in [2.24, 2.45) is 0 Å². The maximum absolute atomic E-state index is 12.2. The highest BCUT2D eigenvalue weighted by Crippen LogP contribution is 2.42. The molecular formula is C21H26N2O4. The number of ether oxygens (including phenoxy) is 3. The number of carbonyl (C=O) groups is 1. The van der Waals surface area contributed by atoms with Gasteiger partial charge in [0.15, 0.2) is 11.5 Å². The maximum atomic E-state index is 12.2. The monoisotopic (exact) mass is 370 g/mol. The summed E-state index contributed by atoms with van der Waals surface area (Å²) in [6, 6.07) is 4.69. The van der Waals surface area contributed by atoms with Crippen molar-refractivity contribution < 1.29 is 19.0 Å². The molecule has 1 aliphatic rings. The van der Waals surface area contributed by atoms with Crippen molar-refractivity contribution in [2.45, 2.75) is 37.9 Å². The average molecular weight is 370 g/mol. The van der Waals surface area contributed by atoms with Crippen LogP contribution in [0.25, 0.3) is 4.85 Å². The summed E-state index contributed by atoms with van der Waals surface area (Å²) in [7, 11) is 0. The topological polar surface area (TPSA) is 61.2 Å².